The number of aliphatic hydroxyl groups excluding tert-OH is 1. The molecule has 1 amide bonds. The van der Waals surface area contributed by atoms with E-state index < -0.39 is 12.0 Å². The van der Waals surface area contributed by atoms with Crippen LogP contribution in [0, 0.1) is 0 Å². The van der Waals surface area contributed by atoms with Crippen LogP contribution in [0.1, 0.15) is 29.9 Å². The predicted molar refractivity (Wildman–Crippen MR) is 103 cm³/mol. The van der Waals surface area contributed by atoms with Gasteiger partial charge in [-0.25, -0.2) is 4.98 Å². The average Bonchev–Trinajstić information content (AvgIpc) is 3.16. The van der Waals surface area contributed by atoms with Crippen LogP contribution in [0.2, 0.25) is 0 Å². The molecule has 0 unspecified atom stereocenters. The molecule has 0 aliphatic heterocycles. The molecule has 0 aliphatic carbocycles. The molecule has 3 aromatic rings. The quantitative estimate of drug-likeness (QED) is 0.642. The highest BCUT2D eigenvalue weighted by Gasteiger charge is 2.19. The van der Waals surface area contributed by atoms with Crippen LogP contribution in [-0.4, -0.2) is 33.3 Å². The number of amides is 1. The summed E-state index contributed by atoms with van der Waals surface area (Å²) in [5.41, 5.74) is 7.53. The van der Waals surface area contributed by atoms with Crippen molar-refractivity contribution >= 4 is 5.91 Å². The highest BCUT2D eigenvalue weighted by molar-refractivity contribution is 5.90. The van der Waals surface area contributed by atoms with Crippen LogP contribution in [0.15, 0.2) is 67.1 Å². The smallest absolute Gasteiger partial charge is 0.268 e. The van der Waals surface area contributed by atoms with Crippen LogP contribution in [0.5, 0.6) is 5.75 Å². The van der Waals surface area contributed by atoms with Crippen molar-refractivity contribution in [3.63, 3.8) is 0 Å². The Morgan fingerprint density at radius 1 is 1.19 bits per heavy atom. The van der Waals surface area contributed by atoms with Crippen molar-refractivity contribution in [1.29, 1.82) is 0 Å². The third kappa shape index (κ3) is 4.54. The van der Waals surface area contributed by atoms with E-state index >= 15 is 0 Å². The van der Waals surface area contributed by atoms with Gasteiger partial charge in [-0.3, -0.25) is 4.79 Å². The molecule has 0 radical (unpaired) electrons. The topological polar surface area (TPSA) is 90.4 Å². The van der Waals surface area contributed by atoms with Crippen molar-refractivity contribution < 1.29 is 14.6 Å². The van der Waals surface area contributed by atoms with E-state index in [0.29, 0.717) is 13.0 Å². The minimum absolute atomic E-state index is 0.177. The van der Waals surface area contributed by atoms with E-state index in [-0.39, 0.29) is 11.7 Å². The fourth-order valence-electron chi connectivity index (χ4n) is 3.02. The van der Waals surface area contributed by atoms with Gasteiger partial charge in [-0.2, -0.15) is 0 Å². The molecule has 6 heteroatoms. The first-order valence-electron chi connectivity index (χ1n) is 8.85. The summed E-state index contributed by atoms with van der Waals surface area (Å²) in [4.78, 5) is 15.2. The molecule has 0 spiro atoms. The lowest BCUT2D eigenvalue weighted by Crippen LogP contribution is -2.23. The van der Waals surface area contributed by atoms with Crippen molar-refractivity contribution in [2.24, 2.45) is 5.73 Å². The maximum atomic E-state index is 11.2. The number of ether oxygens (including phenoxy) is 1. The molecule has 3 rings (SSSR count). The molecular formula is C21H23N3O3. The van der Waals surface area contributed by atoms with Crippen molar-refractivity contribution in [3.05, 3.63) is 72.8 Å². The number of rotatable bonds is 8. The highest BCUT2D eigenvalue weighted by Crippen LogP contribution is 2.30. The summed E-state index contributed by atoms with van der Waals surface area (Å²) in [6.07, 6.45) is 2.98. The zero-order valence-corrected chi connectivity index (χ0v) is 15.2. The molecule has 0 bridgehead atoms. The van der Waals surface area contributed by atoms with E-state index in [1.54, 1.807) is 17.7 Å². The van der Waals surface area contributed by atoms with Gasteiger partial charge in [-0.1, -0.05) is 48.5 Å². The minimum Gasteiger partial charge on any atom is -0.493 e. The molecule has 0 saturated heterocycles. The number of primary amides is 1. The second-order valence-electron chi connectivity index (χ2n) is 6.38. The van der Waals surface area contributed by atoms with Gasteiger partial charge in [0.25, 0.3) is 5.91 Å². The molecular weight excluding hydrogens is 342 g/mol. The number of nitrogens with two attached hydrogens (primary N) is 1. The number of carbonyl (C=O) groups is 1. The first-order valence-corrected chi connectivity index (χ1v) is 8.85. The monoisotopic (exact) mass is 365 g/mol. The van der Waals surface area contributed by atoms with Gasteiger partial charge in [-0.15, -0.1) is 0 Å². The van der Waals surface area contributed by atoms with Crippen molar-refractivity contribution in [3.8, 4) is 16.9 Å². The Bertz CT molecular complexity index is 890. The van der Waals surface area contributed by atoms with E-state index in [2.05, 4.69) is 4.98 Å². The van der Waals surface area contributed by atoms with Gasteiger partial charge in [0, 0.05) is 18.2 Å². The molecule has 140 valence electrons. The number of hydrogen-bond acceptors (Lipinski definition) is 4. The molecule has 6 nitrogen and oxygen atoms in total. The normalized spacial score (nSPS) is 13.1. The third-order valence-corrected chi connectivity index (χ3v) is 4.44. The molecule has 0 saturated carbocycles. The summed E-state index contributed by atoms with van der Waals surface area (Å²) in [7, 11) is 0. The van der Waals surface area contributed by atoms with Gasteiger partial charge in [0.1, 0.15) is 11.4 Å². The van der Waals surface area contributed by atoms with Gasteiger partial charge in [0.2, 0.25) is 0 Å². The Morgan fingerprint density at radius 2 is 1.89 bits per heavy atom. The fourth-order valence-corrected chi connectivity index (χ4v) is 3.02. The molecule has 2 atom stereocenters. The Labute approximate surface area is 158 Å². The van der Waals surface area contributed by atoms with Gasteiger partial charge in [0.15, 0.2) is 0 Å². The summed E-state index contributed by atoms with van der Waals surface area (Å²) in [5.74, 6) is 0.197. The van der Waals surface area contributed by atoms with Gasteiger partial charge >= 0.3 is 0 Å². The molecule has 3 N–H and O–H groups in total. The van der Waals surface area contributed by atoms with Crippen LogP contribution in [-0.2, 0) is 0 Å². The van der Waals surface area contributed by atoms with E-state index in [0.717, 1.165) is 16.9 Å². The van der Waals surface area contributed by atoms with Crippen molar-refractivity contribution in [2.45, 2.75) is 25.5 Å². The van der Waals surface area contributed by atoms with E-state index in [1.165, 1.54) is 6.33 Å². The van der Waals surface area contributed by atoms with E-state index in [1.807, 2.05) is 54.6 Å². The Morgan fingerprint density at radius 3 is 2.56 bits per heavy atom. The van der Waals surface area contributed by atoms with E-state index in [9.17, 15) is 9.90 Å². The zero-order chi connectivity index (χ0) is 19.2. The van der Waals surface area contributed by atoms with Crippen molar-refractivity contribution in [2.75, 3.05) is 6.61 Å². The number of hydrogen-bond donors (Lipinski definition) is 2. The molecule has 2 aromatic carbocycles. The second-order valence-corrected chi connectivity index (χ2v) is 6.38. The summed E-state index contributed by atoms with van der Waals surface area (Å²) in [5, 5.41) is 10.1. The number of carbonyl (C=O) groups excluding carboxylic acids is 1. The SMILES string of the molecule is C[C@H](O)[C@@H](CCOc1ccccc1-c1ccccc1)n1cnc(C(N)=O)c1. The van der Waals surface area contributed by atoms with Crippen LogP contribution in [0.4, 0.5) is 0 Å². The Kier molecular flexibility index (Phi) is 5.88. The average molecular weight is 365 g/mol. The van der Waals surface area contributed by atoms with Crippen molar-refractivity contribution in [1.82, 2.24) is 9.55 Å². The first kappa shape index (κ1) is 18.7. The lowest BCUT2D eigenvalue weighted by Gasteiger charge is -2.22. The van der Waals surface area contributed by atoms with Crippen LogP contribution in [0.25, 0.3) is 11.1 Å². The Hall–Kier alpha value is -3.12. The summed E-state index contributed by atoms with van der Waals surface area (Å²) >= 11 is 0. The molecule has 1 aromatic heterocycles. The molecule has 1 heterocycles. The Balaban J connectivity index is 1.70. The third-order valence-electron chi connectivity index (χ3n) is 4.44. The van der Waals surface area contributed by atoms with Gasteiger partial charge in [-0.05, 0) is 18.6 Å². The second kappa shape index (κ2) is 8.51. The molecule has 0 aliphatic rings. The molecule has 0 fully saturated rings. The number of aliphatic hydroxyl groups is 1. The lowest BCUT2D eigenvalue weighted by molar-refractivity contribution is 0.0993. The van der Waals surface area contributed by atoms with Crippen LogP contribution >= 0.6 is 0 Å². The number of nitrogens with zero attached hydrogens (tertiary/aromatic N) is 2. The largest absolute Gasteiger partial charge is 0.493 e. The summed E-state index contributed by atoms with van der Waals surface area (Å²) < 4.78 is 7.72. The van der Waals surface area contributed by atoms with Crippen LogP contribution in [0.3, 0.4) is 0 Å². The maximum Gasteiger partial charge on any atom is 0.268 e. The lowest BCUT2D eigenvalue weighted by atomic mass is 10.0. The zero-order valence-electron chi connectivity index (χ0n) is 15.2. The fraction of sp³-hybridized carbons (Fsp3) is 0.238. The minimum atomic E-state index is -0.632. The standard InChI is InChI=1S/C21H23N3O3/c1-15(25)19(24-13-18(21(22)26)23-14-24)11-12-27-20-10-6-5-9-17(20)16-7-3-2-4-8-16/h2-10,13-15,19,25H,11-12H2,1H3,(H2,22,26)/t15-,19+/m0/s1. The van der Waals surface area contributed by atoms with Crippen LogP contribution < -0.4 is 10.5 Å². The number of para-hydroxylation sites is 1. The van der Waals surface area contributed by atoms with Gasteiger partial charge in [0.05, 0.1) is 25.1 Å². The predicted octanol–water partition coefficient (Wildman–Crippen LogP) is 3.04. The van der Waals surface area contributed by atoms with E-state index in [4.69, 9.17) is 10.5 Å². The maximum absolute atomic E-state index is 11.2. The first-order chi connectivity index (χ1) is 13.1. The molecule has 27 heavy (non-hydrogen) atoms. The summed E-state index contributed by atoms with van der Waals surface area (Å²) in [6.45, 7) is 2.11. The number of aromatic nitrogens is 2. The number of benzene rings is 2. The number of imidazole rings is 1. The summed E-state index contributed by atoms with van der Waals surface area (Å²) in [6, 6.07) is 17.6. The van der Waals surface area contributed by atoms with Gasteiger partial charge < -0.3 is 20.1 Å². The highest BCUT2D eigenvalue weighted by atomic mass is 16.5.